The molecule has 0 unspecified atom stereocenters. The van der Waals surface area contributed by atoms with E-state index in [0.717, 1.165) is 9.80 Å². The molecular weight excluding hydrogens is 555 g/mol. The molecule has 0 radical (unpaired) electrons. The van der Waals surface area contributed by atoms with Crippen LogP contribution in [-0.4, -0.2) is 87.2 Å². The average molecular weight is 581 g/mol. The number of hydrogen-bond acceptors (Lipinski definition) is 8. The van der Waals surface area contributed by atoms with Gasteiger partial charge < -0.3 is 19.7 Å². The van der Waals surface area contributed by atoms with Gasteiger partial charge in [0.1, 0.15) is 17.2 Å². The minimum Gasteiger partial charge on any atom is -0.508 e. The zero-order chi connectivity index (χ0) is 28.6. The lowest BCUT2D eigenvalue weighted by molar-refractivity contribution is -0.143. The fourth-order valence-corrected chi connectivity index (χ4v) is 7.77. The first-order valence-corrected chi connectivity index (χ1v) is 13.0. The van der Waals surface area contributed by atoms with E-state index in [1.807, 2.05) is 0 Å². The van der Waals surface area contributed by atoms with E-state index in [1.54, 1.807) is 6.08 Å². The summed E-state index contributed by atoms with van der Waals surface area (Å²) in [7, 11) is 3.98. The van der Waals surface area contributed by atoms with Gasteiger partial charge in [0.05, 0.1) is 32.5 Å². The van der Waals surface area contributed by atoms with Crippen LogP contribution in [0.15, 0.2) is 23.8 Å². The Morgan fingerprint density at radius 2 is 1.67 bits per heavy atom. The number of phenols is 1. The number of amides is 4. The first-order valence-electron chi connectivity index (χ1n) is 12.3. The molecule has 2 N–H and O–H groups in total. The van der Waals surface area contributed by atoms with E-state index in [4.69, 9.17) is 37.8 Å². The van der Waals surface area contributed by atoms with Crippen LogP contribution in [0.1, 0.15) is 30.7 Å². The third-order valence-electron chi connectivity index (χ3n) is 8.47. The zero-order valence-corrected chi connectivity index (χ0v) is 22.8. The van der Waals surface area contributed by atoms with Crippen molar-refractivity contribution in [3.05, 3.63) is 29.3 Å². The molecule has 1 aromatic carbocycles. The predicted octanol–water partition coefficient (Wildman–Crippen LogP) is 1.87. The second-order valence-electron chi connectivity index (χ2n) is 10.2. The number of ether oxygens (including phenoxy) is 2. The number of methoxy groups -OCH3 is 2. The van der Waals surface area contributed by atoms with Crippen molar-refractivity contribution in [2.45, 2.75) is 34.9 Å². The number of carbonyl (C=O) groups is 5. The number of fused-ring (bicyclic) bond motifs is 4. The molecule has 2 aliphatic carbocycles. The SMILES string of the molecule is COc1cc(O)cc(OC)c1[C@H]1C2=CC[C@@H]3C(=O)N(CCC(=O)O)C(=O)[C@@H]3[C@@H]2C[C@@]2(Cl)C(=O)N(C)C(=O)[C@@]12Cl. The Labute approximate surface area is 233 Å². The molecule has 39 heavy (non-hydrogen) atoms. The van der Waals surface area contributed by atoms with Crippen LogP contribution in [0.5, 0.6) is 17.2 Å². The summed E-state index contributed by atoms with van der Waals surface area (Å²) in [5.41, 5.74) is 0.769. The Kier molecular flexibility index (Phi) is 6.38. The number of imide groups is 2. The minimum absolute atomic E-state index is 0.117. The number of rotatable bonds is 6. The van der Waals surface area contributed by atoms with E-state index in [-0.39, 0.29) is 42.2 Å². The van der Waals surface area contributed by atoms with Crippen molar-refractivity contribution >= 4 is 52.8 Å². The molecule has 5 rings (SSSR count). The lowest BCUT2D eigenvalue weighted by Gasteiger charge is -2.51. The van der Waals surface area contributed by atoms with Crippen molar-refractivity contribution in [2.24, 2.45) is 17.8 Å². The number of hydrogen-bond donors (Lipinski definition) is 2. The van der Waals surface area contributed by atoms with Crippen LogP contribution >= 0.6 is 23.2 Å². The maximum absolute atomic E-state index is 13.7. The Balaban J connectivity index is 1.73. The molecule has 0 bridgehead atoms. The summed E-state index contributed by atoms with van der Waals surface area (Å²) in [6.07, 6.45) is 1.26. The highest BCUT2D eigenvalue weighted by molar-refractivity contribution is 6.53. The molecule has 4 amide bonds. The first-order chi connectivity index (χ1) is 18.3. The van der Waals surface area contributed by atoms with Gasteiger partial charge in [0, 0.05) is 37.2 Å². The van der Waals surface area contributed by atoms with Gasteiger partial charge in [-0.1, -0.05) is 11.6 Å². The van der Waals surface area contributed by atoms with E-state index in [0.29, 0.717) is 5.57 Å². The van der Waals surface area contributed by atoms with Crippen molar-refractivity contribution in [2.75, 3.05) is 27.8 Å². The van der Waals surface area contributed by atoms with Gasteiger partial charge in [0.25, 0.3) is 11.8 Å². The molecule has 11 nitrogen and oxygen atoms in total. The summed E-state index contributed by atoms with van der Waals surface area (Å²) in [5, 5.41) is 19.4. The summed E-state index contributed by atoms with van der Waals surface area (Å²) in [4.78, 5) is 62.9. The molecule has 1 saturated carbocycles. The largest absolute Gasteiger partial charge is 0.508 e. The van der Waals surface area contributed by atoms with E-state index >= 15 is 0 Å². The first kappa shape index (κ1) is 27.3. The van der Waals surface area contributed by atoms with Crippen LogP contribution < -0.4 is 9.47 Å². The van der Waals surface area contributed by atoms with Crippen LogP contribution in [0.3, 0.4) is 0 Å². The average Bonchev–Trinajstić information content (AvgIpc) is 3.21. The number of phenolic OH excluding ortho intramolecular Hbond substituents is 1. The van der Waals surface area contributed by atoms with Crippen molar-refractivity contribution < 1.29 is 43.7 Å². The topological polar surface area (TPSA) is 151 Å². The van der Waals surface area contributed by atoms with Crippen molar-refractivity contribution in [3.63, 3.8) is 0 Å². The van der Waals surface area contributed by atoms with Crippen molar-refractivity contribution in [1.82, 2.24) is 9.80 Å². The number of carboxylic acid groups (broad SMARTS) is 1. The van der Waals surface area contributed by atoms with Crippen LogP contribution in [0, 0.1) is 17.8 Å². The molecule has 0 aromatic heterocycles. The molecule has 13 heteroatoms. The highest BCUT2D eigenvalue weighted by Gasteiger charge is 2.76. The number of benzene rings is 1. The van der Waals surface area contributed by atoms with Gasteiger partial charge in [0.15, 0.2) is 9.75 Å². The van der Waals surface area contributed by atoms with Gasteiger partial charge in [-0.05, 0) is 18.8 Å². The summed E-state index contributed by atoms with van der Waals surface area (Å²) in [6.45, 7) is -0.281. The lowest BCUT2D eigenvalue weighted by Crippen LogP contribution is -2.60. The monoisotopic (exact) mass is 580 g/mol. The molecule has 3 fully saturated rings. The number of allylic oxidation sites excluding steroid dienone is 2. The Bertz CT molecular complexity index is 1340. The number of nitrogens with zero attached hydrogens (tertiary/aromatic N) is 2. The number of likely N-dealkylation sites (tertiary alicyclic amines) is 2. The lowest BCUT2D eigenvalue weighted by atomic mass is 9.56. The van der Waals surface area contributed by atoms with Gasteiger partial charge >= 0.3 is 5.97 Å². The number of carboxylic acids is 1. The van der Waals surface area contributed by atoms with Gasteiger partial charge in [-0.3, -0.25) is 33.8 Å². The van der Waals surface area contributed by atoms with Crippen molar-refractivity contribution in [3.8, 4) is 17.2 Å². The maximum atomic E-state index is 13.7. The fraction of sp³-hybridized carbons (Fsp3) is 0.500. The highest BCUT2D eigenvalue weighted by atomic mass is 35.5. The maximum Gasteiger partial charge on any atom is 0.305 e. The third-order valence-corrected chi connectivity index (χ3v) is 9.89. The number of aliphatic carboxylic acids is 1. The standard InChI is InChI=1S/C26H26Cl2N2O9/c1-29-23(36)25(27)10-14-12(4-5-13-18(14)22(35)30(21(13)34)7-6-17(32)33)20(26(25,28)24(29)37)19-15(38-2)8-11(31)9-16(19)39-3/h4,8-9,13-14,18,20,31H,5-7,10H2,1-3H3,(H,32,33)/t13-,14+,18-,20+,25+,26-/m0/s1. The van der Waals surface area contributed by atoms with Gasteiger partial charge in [0.2, 0.25) is 11.8 Å². The van der Waals surface area contributed by atoms with Gasteiger partial charge in [-0.15, -0.1) is 23.2 Å². The second-order valence-corrected chi connectivity index (χ2v) is 11.5. The van der Waals surface area contributed by atoms with E-state index in [2.05, 4.69) is 0 Å². The third kappa shape index (κ3) is 3.52. The molecule has 4 aliphatic rings. The number of aromatic hydroxyl groups is 1. The van der Waals surface area contributed by atoms with Crippen LogP contribution in [0.4, 0.5) is 0 Å². The fourth-order valence-electron chi connectivity index (χ4n) is 6.76. The van der Waals surface area contributed by atoms with Crippen LogP contribution in [0.25, 0.3) is 0 Å². The Morgan fingerprint density at radius 3 is 2.23 bits per heavy atom. The summed E-state index contributed by atoms with van der Waals surface area (Å²) < 4.78 is 11.1. The predicted molar refractivity (Wildman–Crippen MR) is 136 cm³/mol. The molecule has 208 valence electrons. The minimum atomic E-state index is -2.05. The molecule has 2 heterocycles. The van der Waals surface area contributed by atoms with Crippen LogP contribution in [-0.2, 0) is 24.0 Å². The normalized spacial score (nSPS) is 33.5. The van der Waals surface area contributed by atoms with Crippen molar-refractivity contribution in [1.29, 1.82) is 0 Å². The molecular formula is C26H26Cl2N2O9. The van der Waals surface area contributed by atoms with Crippen LogP contribution in [0.2, 0.25) is 0 Å². The van der Waals surface area contributed by atoms with Gasteiger partial charge in [-0.25, -0.2) is 0 Å². The second kappa shape index (κ2) is 9.12. The highest BCUT2D eigenvalue weighted by Crippen LogP contribution is 2.67. The summed E-state index contributed by atoms with van der Waals surface area (Å²) in [6, 6.07) is 2.62. The summed E-state index contributed by atoms with van der Waals surface area (Å²) in [5.74, 6) is -7.28. The molecule has 2 aliphatic heterocycles. The Morgan fingerprint density at radius 1 is 1.05 bits per heavy atom. The summed E-state index contributed by atoms with van der Waals surface area (Å²) >= 11 is 14.3. The number of halogens is 2. The Hall–Kier alpha value is -3.31. The van der Waals surface area contributed by atoms with E-state index in [9.17, 15) is 29.1 Å². The van der Waals surface area contributed by atoms with E-state index < -0.39 is 69.4 Å². The van der Waals surface area contributed by atoms with E-state index in [1.165, 1.54) is 33.4 Å². The quantitative estimate of drug-likeness (QED) is 0.292. The molecule has 2 saturated heterocycles. The molecule has 1 aromatic rings. The number of alkyl halides is 2. The molecule has 0 spiro atoms. The molecule has 6 atom stereocenters. The number of carbonyl (C=O) groups excluding carboxylic acids is 4. The zero-order valence-electron chi connectivity index (χ0n) is 21.3. The van der Waals surface area contributed by atoms with Gasteiger partial charge in [-0.2, -0.15) is 0 Å². The smallest absolute Gasteiger partial charge is 0.305 e.